The molecule has 1 aromatic carbocycles. The van der Waals surface area contributed by atoms with Crippen molar-refractivity contribution in [3.63, 3.8) is 0 Å². The number of hydrogen-bond donors (Lipinski definition) is 1. The van der Waals surface area contributed by atoms with Crippen molar-refractivity contribution in [3.8, 4) is 22.7 Å². The number of amides is 1. The Morgan fingerprint density at radius 1 is 1.11 bits per heavy atom. The van der Waals surface area contributed by atoms with Crippen LogP contribution in [0.5, 0.6) is 0 Å². The third kappa shape index (κ3) is 4.26. The highest BCUT2D eigenvalue weighted by molar-refractivity contribution is 8.00. The first-order valence-corrected chi connectivity index (χ1v) is 10.2. The predicted molar refractivity (Wildman–Crippen MR) is 109 cm³/mol. The fraction of sp³-hybridized carbons (Fsp3) is 0.105. The maximum Gasteiger partial charge on any atom is 0.277 e. The molecule has 7 nitrogen and oxygen atoms in total. The molecule has 9 heteroatoms. The zero-order chi connectivity index (χ0) is 19.3. The Balaban J connectivity index is 1.38. The number of aromatic nitrogens is 4. The van der Waals surface area contributed by atoms with Crippen LogP contribution >= 0.6 is 23.1 Å². The lowest BCUT2D eigenvalue weighted by Crippen LogP contribution is -2.22. The summed E-state index contributed by atoms with van der Waals surface area (Å²) in [7, 11) is 0. The summed E-state index contributed by atoms with van der Waals surface area (Å²) in [5.74, 6) is 0.215. The summed E-state index contributed by atoms with van der Waals surface area (Å²) >= 11 is 2.59. The minimum Gasteiger partial charge on any atom is -0.411 e. The van der Waals surface area contributed by atoms with Gasteiger partial charge in [0.1, 0.15) is 0 Å². The predicted octanol–water partition coefficient (Wildman–Crippen LogP) is 4.37. The van der Waals surface area contributed by atoms with Gasteiger partial charge in [-0.25, -0.2) is 4.98 Å². The summed E-state index contributed by atoms with van der Waals surface area (Å²) in [5.41, 5.74) is 2.62. The average molecular weight is 409 g/mol. The Labute approximate surface area is 169 Å². The minimum atomic E-state index is -0.421. The smallest absolute Gasteiger partial charge is 0.277 e. The molecule has 0 radical (unpaired) electrons. The number of nitrogens with zero attached hydrogens (tertiary/aromatic N) is 4. The van der Waals surface area contributed by atoms with Gasteiger partial charge in [-0.3, -0.25) is 9.78 Å². The van der Waals surface area contributed by atoms with E-state index >= 15 is 0 Å². The van der Waals surface area contributed by atoms with Crippen LogP contribution in [0, 0.1) is 0 Å². The van der Waals surface area contributed by atoms with Crippen molar-refractivity contribution in [2.24, 2.45) is 0 Å². The molecule has 140 valence electrons. The van der Waals surface area contributed by atoms with Gasteiger partial charge in [-0.15, -0.1) is 21.5 Å². The first kappa shape index (κ1) is 18.3. The van der Waals surface area contributed by atoms with Crippen molar-refractivity contribution in [1.29, 1.82) is 0 Å². The molecule has 1 amide bonds. The van der Waals surface area contributed by atoms with Crippen molar-refractivity contribution in [2.75, 3.05) is 5.32 Å². The second-order valence-electron chi connectivity index (χ2n) is 5.76. The molecule has 28 heavy (non-hydrogen) atoms. The highest BCUT2D eigenvalue weighted by Gasteiger charge is 2.20. The third-order valence-electron chi connectivity index (χ3n) is 3.78. The molecule has 0 spiro atoms. The molecule has 4 rings (SSSR count). The summed E-state index contributed by atoms with van der Waals surface area (Å²) in [4.78, 5) is 20.9. The summed E-state index contributed by atoms with van der Waals surface area (Å²) in [6.07, 6.45) is 3.31. The molecule has 1 N–H and O–H groups in total. The van der Waals surface area contributed by atoms with Crippen molar-refractivity contribution < 1.29 is 9.21 Å². The van der Waals surface area contributed by atoms with Gasteiger partial charge in [0.25, 0.3) is 5.22 Å². The quantitative estimate of drug-likeness (QED) is 0.472. The monoisotopic (exact) mass is 409 g/mol. The molecule has 1 atom stereocenters. The van der Waals surface area contributed by atoms with Gasteiger partial charge in [-0.1, -0.05) is 42.1 Å². The topological polar surface area (TPSA) is 93.8 Å². The van der Waals surface area contributed by atoms with E-state index in [1.165, 1.54) is 23.1 Å². The Morgan fingerprint density at radius 2 is 1.89 bits per heavy atom. The van der Waals surface area contributed by atoms with Crippen LogP contribution in [0.1, 0.15) is 6.92 Å². The van der Waals surface area contributed by atoms with Gasteiger partial charge >= 0.3 is 0 Å². The zero-order valence-electron chi connectivity index (χ0n) is 14.8. The Bertz CT molecular complexity index is 1070. The highest BCUT2D eigenvalue weighted by Crippen LogP contribution is 2.28. The first-order chi connectivity index (χ1) is 13.7. The zero-order valence-corrected chi connectivity index (χ0v) is 16.4. The van der Waals surface area contributed by atoms with E-state index in [0.717, 1.165) is 16.8 Å². The Hall–Kier alpha value is -3.04. The molecule has 4 aromatic rings. The van der Waals surface area contributed by atoms with Crippen LogP contribution in [0.15, 0.2) is 69.9 Å². The van der Waals surface area contributed by atoms with E-state index in [0.29, 0.717) is 16.2 Å². The first-order valence-electron chi connectivity index (χ1n) is 8.41. The Kier molecular flexibility index (Phi) is 5.45. The van der Waals surface area contributed by atoms with E-state index in [2.05, 4.69) is 25.5 Å². The van der Waals surface area contributed by atoms with Crippen LogP contribution in [0.2, 0.25) is 0 Å². The van der Waals surface area contributed by atoms with Crippen LogP contribution in [0.3, 0.4) is 0 Å². The molecule has 0 aliphatic carbocycles. The molecule has 0 saturated heterocycles. The van der Waals surface area contributed by atoms with E-state index in [4.69, 9.17) is 4.42 Å². The van der Waals surface area contributed by atoms with Crippen LogP contribution in [-0.2, 0) is 4.79 Å². The number of carbonyl (C=O) groups excluding carboxylic acids is 1. The maximum absolute atomic E-state index is 12.5. The number of thioether (sulfide) groups is 1. The van der Waals surface area contributed by atoms with Crippen molar-refractivity contribution in [3.05, 3.63) is 60.2 Å². The molecule has 0 aliphatic rings. The van der Waals surface area contributed by atoms with E-state index in [9.17, 15) is 4.79 Å². The third-order valence-corrected chi connectivity index (χ3v) is 5.48. The lowest BCUT2D eigenvalue weighted by atomic mass is 10.2. The summed E-state index contributed by atoms with van der Waals surface area (Å²) in [6.45, 7) is 1.78. The number of carbonyl (C=O) groups is 1. The molecule has 1 unspecified atom stereocenters. The number of pyridine rings is 1. The molecule has 3 heterocycles. The molecular weight excluding hydrogens is 394 g/mol. The number of nitrogens with one attached hydrogen (secondary N) is 1. The van der Waals surface area contributed by atoms with Gasteiger partial charge in [0, 0.05) is 28.9 Å². The maximum atomic E-state index is 12.5. The summed E-state index contributed by atoms with van der Waals surface area (Å²) in [5, 5.41) is 13.2. The Morgan fingerprint density at radius 3 is 2.68 bits per heavy atom. The second kappa shape index (κ2) is 8.32. The van der Waals surface area contributed by atoms with Crippen LogP contribution in [0.4, 0.5) is 5.13 Å². The van der Waals surface area contributed by atoms with Crippen LogP contribution in [-0.4, -0.2) is 31.3 Å². The molecule has 0 bridgehead atoms. The van der Waals surface area contributed by atoms with E-state index in [1.807, 2.05) is 35.7 Å². The highest BCUT2D eigenvalue weighted by atomic mass is 32.2. The lowest BCUT2D eigenvalue weighted by molar-refractivity contribution is -0.115. The number of anilines is 1. The fourth-order valence-electron chi connectivity index (χ4n) is 2.35. The van der Waals surface area contributed by atoms with E-state index in [-0.39, 0.29) is 5.91 Å². The van der Waals surface area contributed by atoms with Gasteiger partial charge in [0.2, 0.25) is 11.8 Å². The molecule has 0 fully saturated rings. The lowest BCUT2D eigenvalue weighted by Gasteiger charge is -2.07. The molecular formula is C19H15N5O2S2. The van der Waals surface area contributed by atoms with Gasteiger partial charge < -0.3 is 9.73 Å². The van der Waals surface area contributed by atoms with Crippen LogP contribution in [0.25, 0.3) is 22.7 Å². The van der Waals surface area contributed by atoms with E-state index in [1.54, 1.807) is 31.5 Å². The summed E-state index contributed by atoms with van der Waals surface area (Å²) < 4.78 is 5.62. The summed E-state index contributed by atoms with van der Waals surface area (Å²) in [6, 6.07) is 13.4. The van der Waals surface area contributed by atoms with Crippen molar-refractivity contribution in [2.45, 2.75) is 17.4 Å². The van der Waals surface area contributed by atoms with Gasteiger partial charge in [0.05, 0.1) is 10.9 Å². The molecule has 3 aromatic heterocycles. The number of rotatable bonds is 6. The number of hydrogen-bond acceptors (Lipinski definition) is 8. The molecule has 0 saturated carbocycles. The average Bonchev–Trinajstić information content (AvgIpc) is 3.39. The molecule has 0 aliphatic heterocycles. The largest absolute Gasteiger partial charge is 0.411 e. The SMILES string of the molecule is CC(Sc1nnc(-c2ccncc2)o1)C(=O)Nc1nc(-c2ccccc2)cs1. The van der Waals surface area contributed by atoms with Gasteiger partial charge in [-0.2, -0.15) is 0 Å². The standard InChI is InChI=1S/C19H15N5O2S2/c1-12(28-19-24-23-17(26-19)14-7-9-20-10-8-14)16(25)22-18-21-15(11-27-18)13-5-3-2-4-6-13/h2-12H,1H3,(H,21,22,25). The van der Waals surface area contributed by atoms with Gasteiger partial charge in [-0.05, 0) is 19.1 Å². The minimum absolute atomic E-state index is 0.178. The normalized spacial score (nSPS) is 11.9. The number of thiazole rings is 1. The second-order valence-corrected chi connectivity index (χ2v) is 7.91. The van der Waals surface area contributed by atoms with Crippen molar-refractivity contribution >= 4 is 34.1 Å². The van der Waals surface area contributed by atoms with Crippen molar-refractivity contribution in [1.82, 2.24) is 20.2 Å². The van der Waals surface area contributed by atoms with Gasteiger partial charge in [0.15, 0.2) is 5.13 Å². The number of benzene rings is 1. The van der Waals surface area contributed by atoms with E-state index < -0.39 is 5.25 Å². The van der Waals surface area contributed by atoms with Crippen LogP contribution < -0.4 is 5.32 Å². The fourth-order valence-corrected chi connectivity index (χ4v) is 3.76.